The van der Waals surface area contributed by atoms with Crippen molar-refractivity contribution >= 4 is 29.2 Å². The molecule has 2 aliphatic rings. The van der Waals surface area contributed by atoms with E-state index in [2.05, 4.69) is 15.3 Å². The van der Waals surface area contributed by atoms with Gasteiger partial charge < -0.3 is 15.0 Å². The topological polar surface area (TPSA) is 119 Å². The fourth-order valence-corrected chi connectivity index (χ4v) is 4.57. The van der Waals surface area contributed by atoms with Crippen molar-refractivity contribution < 1.29 is 19.5 Å². The van der Waals surface area contributed by atoms with Crippen molar-refractivity contribution in [2.24, 2.45) is 11.8 Å². The molecule has 152 valence electrons. The number of hydrogen-bond donors (Lipinski definition) is 3. The van der Waals surface area contributed by atoms with Crippen LogP contribution < -0.4 is 15.1 Å². The maximum atomic E-state index is 13.4. The highest BCUT2D eigenvalue weighted by atomic mass is 16.4. The van der Waals surface area contributed by atoms with Crippen molar-refractivity contribution in [1.29, 1.82) is 0 Å². The molecule has 4 rings (SSSR count). The van der Waals surface area contributed by atoms with Crippen molar-refractivity contribution in [1.82, 2.24) is 15.3 Å². The number of imidazole rings is 1. The van der Waals surface area contributed by atoms with Crippen LogP contribution in [0.2, 0.25) is 0 Å². The highest BCUT2D eigenvalue weighted by Crippen LogP contribution is 2.45. The first kappa shape index (κ1) is 19.1. The number of carbonyl (C=O) groups excluding carboxylic acids is 2. The highest BCUT2D eigenvalue weighted by Gasteiger charge is 2.67. The zero-order chi connectivity index (χ0) is 20.9. The first-order valence-corrected chi connectivity index (χ1v) is 9.40. The maximum Gasteiger partial charge on any atom is 0.325 e. The lowest BCUT2D eigenvalue weighted by Gasteiger charge is -2.30. The van der Waals surface area contributed by atoms with Crippen LogP contribution >= 0.6 is 0 Å². The predicted octanol–water partition coefficient (Wildman–Crippen LogP) is 0.639. The largest absolute Gasteiger partial charge is 0.480 e. The fourth-order valence-electron chi connectivity index (χ4n) is 4.57. The Bertz CT molecular complexity index is 956. The molecule has 4 atom stereocenters. The molecule has 0 spiro atoms. The summed E-state index contributed by atoms with van der Waals surface area (Å²) >= 11 is 0. The van der Waals surface area contributed by atoms with Crippen LogP contribution in [0.25, 0.3) is 0 Å². The van der Waals surface area contributed by atoms with Gasteiger partial charge in [0.15, 0.2) is 0 Å². The summed E-state index contributed by atoms with van der Waals surface area (Å²) in [6.07, 6.45) is 3.02. The molecule has 0 radical (unpaired) electrons. The first-order valence-electron chi connectivity index (χ1n) is 9.40. The van der Waals surface area contributed by atoms with Gasteiger partial charge in [0, 0.05) is 44.1 Å². The summed E-state index contributed by atoms with van der Waals surface area (Å²) in [5, 5.41) is 13.1. The number of amides is 2. The number of aromatic nitrogens is 2. The molecule has 29 heavy (non-hydrogen) atoms. The number of hydrogen-bond acceptors (Lipinski definition) is 6. The molecule has 9 heteroatoms. The Labute approximate surface area is 167 Å². The molecule has 2 saturated heterocycles. The average molecular weight is 397 g/mol. The molecule has 0 saturated carbocycles. The van der Waals surface area contributed by atoms with Gasteiger partial charge in [-0.3, -0.25) is 19.7 Å². The zero-order valence-corrected chi connectivity index (χ0v) is 16.4. The summed E-state index contributed by atoms with van der Waals surface area (Å²) < 4.78 is 0. The van der Waals surface area contributed by atoms with Gasteiger partial charge in [0.05, 0.1) is 23.9 Å². The summed E-state index contributed by atoms with van der Waals surface area (Å²) in [6, 6.07) is 6.60. The monoisotopic (exact) mass is 397 g/mol. The standard InChI is InChI=1S/C20H23N5O4/c1-11-15-16(20(23-11,19(28)29)8-12-9-21-10-22-12)18(27)25(17(15)26)14-6-4-13(5-7-14)24(2)3/h4-7,9-11,15-16,23H,8H2,1-3H3,(H,21,22)(H,28,29)/t11?,15-,16+,20?/m0/s1. The van der Waals surface area contributed by atoms with Gasteiger partial charge in [-0.15, -0.1) is 0 Å². The third-order valence-corrected chi connectivity index (χ3v) is 5.94. The van der Waals surface area contributed by atoms with E-state index in [-0.39, 0.29) is 12.3 Å². The SMILES string of the molecule is CC1NC(Cc2cnc[nH]2)(C(=O)O)[C@H]2C(=O)N(c3ccc(N(C)C)cc3)C(=O)[C@@H]12. The molecular formula is C20H23N5O4. The number of carbonyl (C=O) groups is 3. The quantitative estimate of drug-likeness (QED) is 0.634. The average Bonchev–Trinajstić information content (AvgIpc) is 3.34. The summed E-state index contributed by atoms with van der Waals surface area (Å²) in [7, 11) is 3.80. The van der Waals surface area contributed by atoms with E-state index in [1.54, 1.807) is 19.1 Å². The highest BCUT2D eigenvalue weighted by molar-refractivity contribution is 6.24. The Morgan fingerprint density at radius 2 is 1.93 bits per heavy atom. The number of fused-ring (bicyclic) bond motifs is 1. The van der Waals surface area contributed by atoms with Crippen LogP contribution in [0.1, 0.15) is 12.6 Å². The van der Waals surface area contributed by atoms with E-state index < -0.39 is 35.3 Å². The molecule has 0 aliphatic carbocycles. The molecule has 3 heterocycles. The number of nitrogens with one attached hydrogen (secondary N) is 2. The number of H-pyrrole nitrogens is 1. The van der Waals surface area contributed by atoms with Gasteiger partial charge in [-0.2, -0.15) is 0 Å². The van der Waals surface area contributed by atoms with E-state index in [0.717, 1.165) is 10.6 Å². The Morgan fingerprint density at radius 1 is 1.24 bits per heavy atom. The minimum absolute atomic E-state index is 0.0280. The molecule has 1 aromatic carbocycles. The van der Waals surface area contributed by atoms with E-state index >= 15 is 0 Å². The Hall–Kier alpha value is -3.20. The summed E-state index contributed by atoms with van der Waals surface area (Å²) in [5.74, 6) is -3.76. The second kappa shape index (κ2) is 6.70. The normalized spacial score (nSPS) is 28.7. The minimum atomic E-state index is -1.58. The lowest BCUT2D eigenvalue weighted by molar-refractivity contribution is -0.148. The zero-order valence-electron chi connectivity index (χ0n) is 16.4. The molecular weight excluding hydrogens is 374 g/mol. The third kappa shape index (κ3) is 2.80. The van der Waals surface area contributed by atoms with Gasteiger partial charge in [0.25, 0.3) is 0 Å². The second-order valence-corrected chi connectivity index (χ2v) is 7.89. The van der Waals surface area contributed by atoms with Gasteiger partial charge >= 0.3 is 5.97 Å². The van der Waals surface area contributed by atoms with E-state index in [1.807, 2.05) is 31.1 Å². The molecule has 3 N–H and O–H groups in total. The second-order valence-electron chi connectivity index (χ2n) is 7.89. The van der Waals surface area contributed by atoms with Crippen LogP contribution in [0, 0.1) is 11.8 Å². The van der Waals surface area contributed by atoms with E-state index in [9.17, 15) is 19.5 Å². The van der Waals surface area contributed by atoms with Crippen LogP contribution in [-0.2, 0) is 20.8 Å². The molecule has 2 unspecified atom stereocenters. The Balaban J connectivity index is 1.74. The van der Waals surface area contributed by atoms with Crippen molar-refractivity contribution in [2.45, 2.75) is 24.9 Å². The number of rotatable bonds is 5. The summed E-state index contributed by atoms with van der Waals surface area (Å²) in [4.78, 5) is 48.8. The molecule has 2 amide bonds. The van der Waals surface area contributed by atoms with Crippen LogP contribution in [0.4, 0.5) is 11.4 Å². The van der Waals surface area contributed by atoms with Crippen molar-refractivity contribution in [3.63, 3.8) is 0 Å². The van der Waals surface area contributed by atoms with Crippen LogP contribution in [0.3, 0.4) is 0 Å². The number of nitrogens with zero attached hydrogens (tertiary/aromatic N) is 3. The number of carboxylic acid groups (broad SMARTS) is 1. The Kier molecular flexibility index (Phi) is 4.42. The van der Waals surface area contributed by atoms with E-state index in [0.29, 0.717) is 11.4 Å². The number of aromatic amines is 1. The third-order valence-electron chi connectivity index (χ3n) is 5.94. The fraction of sp³-hybridized carbons (Fsp3) is 0.400. The van der Waals surface area contributed by atoms with Crippen molar-refractivity contribution in [3.05, 3.63) is 42.5 Å². The minimum Gasteiger partial charge on any atom is -0.480 e. The smallest absolute Gasteiger partial charge is 0.325 e. The molecule has 0 bridgehead atoms. The van der Waals surface area contributed by atoms with Gasteiger partial charge in [-0.05, 0) is 31.2 Å². The van der Waals surface area contributed by atoms with Gasteiger partial charge in [0.1, 0.15) is 5.54 Å². The summed E-state index contributed by atoms with van der Waals surface area (Å²) in [6.45, 7) is 1.75. The van der Waals surface area contributed by atoms with E-state index in [1.165, 1.54) is 12.5 Å². The predicted molar refractivity (Wildman–Crippen MR) is 105 cm³/mol. The number of anilines is 2. The summed E-state index contributed by atoms with van der Waals surface area (Å²) in [5.41, 5.74) is 0.388. The van der Waals surface area contributed by atoms with E-state index in [4.69, 9.17) is 0 Å². The van der Waals surface area contributed by atoms with Crippen LogP contribution in [-0.4, -0.2) is 58.5 Å². The van der Waals surface area contributed by atoms with Crippen LogP contribution in [0.5, 0.6) is 0 Å². The first-order chi connectivity index (χ1) is 13.8. The van der Waals surface area contributed by atoms with Crippen molar-refractivity contribution in [3.8, 4) is 0 Å². The molecule has 9 nitrogen and oxygen atoms in total. The molecule has 2 aromatic rings. The lowest BCUT2D eigenvalue weighted by Crippen LogP contribution is -2.58. The Morgan fingerprint density at radius 3 is 2.48 bits per heavy atom. The molecule has 2 aliphatic heterocycles. The van der Waals surface area contributed by atoms with Gasteiger partial charge in [-0.25, -0.2) is 9.88 Å². The maximum absolute atomic E-state index is 13.4. The van der Waals surface area contributed by atoms with Gasteiger partial charge in [0.2, 0.25) is 11.8 Å². The number of aliphatic carboxylic acids is 1. The van der Waals surface area contributed by atoms with Gasteiger partial charge in [-0.1, -0.05) is 0 Å². The number of imide groups is 1. The number of benzene rings is 1. The number of carboxylic acids is 1. The van der Waals surface area contributed by atoms with Crippen LogP contribution in [0.15, 0.2) is 36.8 Å². The molecule has 2 fully saturated rings. The lowest BCUT2D eigenvalue weighted by atomic mass is 9.77. The molecule has 1 aromatic heterocycles. The van der Waals surface area contributed by atoms with Crippen molar-refractivity contribution in [2.75, 3.05) is 23.9 Å².